The van der Waals surface area contributed by atoms with Gasteiger partial charge in [0.15, 0.2) is 0 Å². The lowest BCUT2D eigenvalue weighted by Gasteiger charge is -2.04. The second-order valence-electron chi connectivity index (χ2n) is 2.76. The van der Waals surface area contributed by atoms with Gasteiger partial charge in [0, 0.05) is 6.42 Å². The predicted octanol–water partition coefficient (Wildman–Crippen LogP) is 2.61. The van der Waals surface area contributed by atoms with Crippen LogP contribution in [0.5, 0.6) is 0 Å². The normalized spacial score (nSPS) is 13.0. The molecule has 0 amide bonds. The summed E-state index contributed by atoms with van der Waals surface area (Å²) < 4.78 is 0. The lowest BCUT2D eigenvalue weighted by Crippen LogP contribution is -1.95. The van der Waals surface area contributed by atoms with Gasteiger partial charge in [-0.2, -0.15) is 0 Å². The molecule has 0 heterocycles. The second-order valence-corrected chi connectivity index (χ2v) is 2.76. The SMILES string of the molecule is CCCC[CH]C(C)CC=O. The Morgan fingerprint density at radius 3 is 2.70 bits per heavy atom. The third-order valence-corrected chi connectivity index (χ3v) is 1.59. The van der Waals surface area contributed by atoms with Gasteiger partial charge in [-0.1, -0.05) is 26.7 Å². The van der Waals surface area contributed by atoms with Crippen LogP contribution in [-0.2, 0) is 4.79 Å². The van der Waals surface area contributed by atoms with Gasteiger partial charge in [0.25, 0.3) is 0 Å². The number of carbonyl (C=O) groups is 1. The van der Waals surface area contributed by atoms with Crippen molar-refractivity contribution in [1.82, 2.24) is 0 Å². The minimum atomic E-state index is 0.476. The number of rotatable bonds is 6. The molecule has 1 heteroatoms. The molecule has 1 nitrogen and oxygen atoms in total. The van der Waals surface area contributed by atoms with Crippen LogP contribution in [0.1, 0.15) is 39.5 Å². The molecule has 0 saturated heterocycles. The summed E-state index contributed by atoms with van der Waals surface area (Å²) in [6.07, 6.45) is 7.56. The van der Waals surface area contributed by atoms with Crippen molar-refractivity contribution < 1.29 is 4.79 Å². The summed E-state index contributed by atoms with van der Waals surface area (Å²) in [6.45, 7) is 4.27. The lowest BCUT2D eigenvalue weighted by atomic mass is 10.0. The standard InChI is InChI=1S/C9H17O/c1-3-4-5-6-9(2)7-8-10/h6,8-9H,3-5,7H2,1-2H3. The quantitative estimate of drug-likeness (QED) is 0.410. The number of hydrogen-bond donors (Lipinski definition) is 0. The maximum atomic E-state index is 10.0. The largest absolute Gasteiger partial charge is 0.303 e. The number of carbonyl (C=O) groups excluding carboxylic acids is 1. The highest BCUT2D eigenvalue weighted by Gasteiger charge is 1.99. The summed E-state index contributed by atoms with van der Waals surface area (Å²) in [7, 11) is 0. The van der Waals surface area contributed by atoms with Crippen molar-refractivity contribution in [2.75, 3.05) is 0 Å². The zero-order valence-electron chi connectivity index (χ0n) is 6.97. The smallest absolute Gasteiger partial charge is 0.120 e. The molecule has 0 aromatic carbocycles. The van der Waals surface area contributed by atoms with Crippen LogP contribution in [0.3, 0.4) is 0 Å². The molecular weight excluding hydrogens is 124 g/mol. The fourth-order valence-corrected chi connectivity index (χ4v) is 0.854. The van der Waals surface area contributed by atoms with Crippen LogP contribution in [0.15, 0.2) is 0 Å². The van der Waals surface area contributed by atoms with Crippen molar-refractivity contribution in [3.05, 3.63) is 6.42 Å². The first-order chi connectivity index (χ1) is 4.81. The summed E-state index contributed by atoms with van der Waals surface area (Å²) >= 11 is 0. The Labute approximate surface area is 63.8 Å². The highest BCUT2D eigenvalue weighted by Crippen LogP contribution is 2.09. The van der Waals surface area contributed by atoms with E-state index in [1.807, 2.05) is 0 Å². The van der Waals surface area contributed by atoms with Crippen LogP contribution >= 0.6 is 0 Å². The molecule has 0 N–H and O–H groups in total. The highest BCUT2D eigenvalue weighted by molar-refractivity contribution is 5.49. The second kappa shape index (κ2) is 6.79. The summed E-state index contributed by atoms with van der Waals surface area (Å²) in [4.78, 5) is 10.0. The van der Waals surface area contributed by atoms with E-state index in [2.05, 4.69) is 20.3 Å². The molecule has 1 radical (unpaired) electrons. The molecule has 0 saturated carbocycles. The van der Waals surface area contributed by atoms with Crippen LogP contribution in [-0.4, -0.2) is 6.29 Å². The molecule has 0 aromatic heterocycles. The molecule has 0 aliphatic heterocycles. The van der Waals surface area contributed by atoms with Crippen LogP contribution < -0.4 is 0 Å². The Morgan fingerprint density at radius 2 is 2.20 bits per heavy atom. The first-order valence-electron chi connectivity index (χ1n) is 4.08. The fraction of sp³-hybridized carbons (Fsp3) is 0.778. The van der Waals surface area contributed by atoms with E-state index in [1.165, 1.54) is 12.8 Å². The van der Waals surface area contributed by atoms with Crippen LogP contribution in [0, 0.1) is 12.3 Å². The molecule has 0 aliphatic carbocycles. The molecule has 0 aromatic rings. The van der Waals surface area contributed by atoms with Gasteiger partial charge in [-0.25, -0.2) is 0 Å². The number of hydrogen-bond acceptors (Lipinski definition) is 1. The minimum absolute atomic E-state index is 0.476. The van der Waals surface area contributed by atoms with Gasteiger partial charge >= 0.3 is 0 Å². The Hall–Kier alpha value is -0.330. The van der Waals surface area contributed by atoms with E-state index < -0.39 is 0 Å². The van der Waals surface area contributed by atoms with E-state index in [0.29, 0.717) is 12.3 Å². The van der Waals surface area contributed by atoms with Gasteiger partial charge < -0.3 is 4.79 Å². The van der Waals surface area contributed by atoms with Gasteiger partial charge in [0.05, 0.1) is 0 Å². The lowest BCUT2D eigenvalue weighted by molar-refractivity contribution is -0.108. The van der Waals surface area contributed by atoms with Crippen LogP contribution in [0.25, 0.3) is 0 Å². The van der Waals surface area contributed by atoms with E-state index in [0.717, 1.165) is 12.7 Å². The van der Waals surface area contributed by atoms with Gasteiger partial charge in [-0.05, 0) is 18.8 Å². The molecule has 1 unspecified atom stereocenters. The Balaban J connectivity index is 3.04. The van der Waals surface area contributed by atoms with E-state index in [-0.39, 0.29) is 0 Å². The minimum Gasteiger partial charge on any atom is -0.303 e. The molecule has 0 spiro atoms. The Morgan fingerprint density at radius 1 is 1.50 bits per heavy atom. The van der Waals surface area contributed by atoms with Crippen LogP contribution in [0.4, 0.5) is 0 Å². The van der Waals surface area contributed by atoms with Crippen molar-refractivity contribution >= 4 is 6.29 Å². The van der Waals surface area contributed by atoms with Gasteiger partial charge in [0.2, 0.25) is 0 Å². The average molecular weight is 141 g/mol. The Bertz CT molecular complexity index is 78.8. The topological polar surface area (TPSA) is 17.1 Å². The Kier molecular flexibility index (Phi) is 6.56. The summed E-state index contributed by atoms with van der Waals surface area (Å²) in [5.74, 6) is 0.476. The van der Waals surface area contributed by atoms with E-state index in [1.54, 1.807) is 0 Å². The van der Waals surface area contributed by atoms with Gasteiger partial charge in [-0.3, -0.25) is 0 Å². The van der Waals surface area contributed by atoms with Crippen molar-refractivity contribution in [2.24, 2.45) is 5.92 Å². The molecule has 0 rings (SSSR count). The van der Waals surface area contributed by atoms with Gasteiger partial charge in [-0.15, -0.1) is 0 Å². The van der Waals surface area contributed by atoms with E-state index in [9.17, 15) is 4.79 Å². The van der Waals surface area contributed by atoms with Crippen molar-refractivity contribution in [3.8, 4) is 0 Å². The zero-order valence-corrected chi connectivity index (χ0v) is 6.97. The van der Waals surface area contributed by atoms with E-state index in [4.69, 9.17) is 0 Å². The first kappa shape index (κ1) is 9.67. The number of unbranched alkanes of at least 4 members (excludes halogenated alkanes) is 2. The third-order valence-electron chi connectivity index (χ3n) is 1.59. The van der Waals surface area contributed by atoms with E-state index >= 15 is 0 Å². The molecule has 0 bridgehead atoms. The maximum Gasteiger partial charge on any atom is 0.120 e. The summed E-state index contributed by atoms with van der Waals surface area (Å²) in [5.41, 5.74) is 0. The molecule has 0 aliphatic rings. The highest BCUT2D eigenvalue weighted by atomic mass is 16.1. The molecule has 0 fully saturated rings. The fourth-order valence-electron chi connectivity index (χ4n) is 0.854. The third kappa shape index (κ3) is 5.80. The summed E-state index contributed by atoms with van der Waals surface area (Å²) in [5, 5.41) is 0. The molecule has 1 atom stereocenters. The van der Waals surface area contributed by atoms with Gasteiger partial charge in [0.1, 0.15) is 6.29 Å². The van der Waals surface area contributed by atoms with Crippen molar-refractivity contribution in [3.63, 3.8) is 0 Å². The zero-order chi connectivity index (χ0) is 7.82. The van der Waals surface area contributed by atoms with Crippen molar-refractivity contribution in [1.29, 1.82) is 0 Å². The first-order valence-corrected chi connectivity index (χ1v) is 4.08. The molecule has 10 heavy (non-hydrogen) atoms. The number of aldehydes is 1. The average Bonchev–Trinajstić information content (AvgIpc) is 1.89. The summed E-state index contributed by atoms with van der Waals surface area (Å²) in [6, 6.07) is 0. The van der Waals surface area contributed by atoms with Crippen LogP contribution in [0.2, 0.25) is 0 Å². The molecule has 59 valence electrons. The predicted molar refractivity (Wildman–Crippen MR) is 43.7 cm³/mol. The maximum absolute atomic E-state index is 10.0. The molecular formula is C9H17O. The monoisotopic (exact) mass is 141 g/mol. The van der Waals surface area contributed by atoms with Crippen molar-refractivity contribution in [2.45, 2.75) is 39.5 Å².